The van der Waals surface area contributed by atoms with Gasteiger partial charge in [0.05, 0.1) is 6.10 Å². The predicted molar refractivity (Wildman–Crippen MR) is 59.0 cm³/mol. The minimum Gasteiger partial charge on any atom is -0.392 e. The Morgan fingerprint density at radius 1 is 1.43 bits per heavy atom. The zero-order chi connectivity index (χ0) is 10.4. The monoisotopic (exact) mass is 188 g/mol. The molecule has 74 valence electrons. The molecule has 0 aliphatic carbocycles. The summed E-state index contributed by atoms with van der Waals surface area (Å²) < 4.78 is 0. The molecule has 0 amide bonds. The van der Waals surface area contributed by atoms with Crippen LogP contribution < -0.4 is 0 Å². The number of aliphatic hydroxyl groups excluding tert-OH is 1. The van der Waals surface area contributed by atoms with Crippen LogP contribution in [0.3, 0.4) is 0 Å². The highest BCUT2D eigenvalue weighted by atomic mass is 16.3. The van der Waals surface area contributed by atoms with Gasteiger partial charge in [0.15, 0.2) is 0 Å². The van der Waals surface area contributed by atoms with E-state index in [-0.39, 0.29) is 6.10 Å². The first kappa shape index (κ1) is 10.8. The maximum absolute atomic E-state index is 9.62. The lowest BCUT2D eigenvalue weighted by Gasteiger charge is -2.07. The number of hydrogen-bond acceptors (Lipinski definition) is 1. The number of benzene rings is 1. The largest absolute Gasteiger partial charge is 0.392 e. The van der Waals surface area contributed by atoms with E-state index < -0.39 is 0 Å². The highest BCUT2D eigenvalue weighted by molar-refractivity contribution is 5.22. The van der Waals surface area contributed by atoms with E-state index >= 15 is 0 Å². The smallest absolute Gasteiger partial charge is 0.0689 e. The van der Waals surface area contributed by atoms with Gasteiger partial charge in [-0.3, -0.25) is 0 Å². The van der Waals surface area contributed by atoms with Crippen LogP contribution in [0.15, 0.2) is 24.3 Å². The fraction of sp³-hybridized carbons (Fsp3) is 0.385. The maximum atomic E-state index is 9.62. The molecule has 1 nitrogen and oxygen atoms in total. The van der Waals surface area contributed by atoms with Crippen LogP contribution in [0.4, 0.5) is 0 Å². The van der Waals surface area contributed by atoms with E-state index in [1.807, 2.05) is 12.1 Å². The molecule has 1 heteroatoms. The Balaban J connectivity index is 2.54. The van der Waals surface area contributed by atoms with Crippen molar-refractivity contribution in [2.75, 3.05) is 0 Å². The number of rotatable bonds is 3. The van der Waals surface area contributed by atoms with Crippen molar-refractivity contribution in [2.45, 2.75) is 32.8 Å². The Bertz CT molecular complexity index is 344. The topological polar surface area (TPSA) is 20.2 Å². The standard InChI is InChI=1S/C13H16O/c1-3-4-8-13(14)10-12-7-5-6-11(2)9-12/h5-7,9,13-14H,8,10H2,1-2H3. The van der Waals surface area contributed by atoms with Crippen LogP contribution >= 0.6 is 0 Å². The lowest BCUT2D eigenvalue weighted by atomic mass is 10.0. The van der Waals surface area contributed by atoms with Crippen molar-refractivity contribution < 1.29 is 5.11 Å². The van der Waals surface area contributed by atoms with Crippen molar-refractivity contribution in [2.24, 2.45) is 0 Å². The second-order valence-corrected chi connectivity index (χ2v) is 3.48. The molecule has 0 radical (unpaired) electrons. The predicted octanol–water partition coefficient (Wildman–Crippen LogP) is 2.31. The van der Waals surface area contributed by atoms with Gasteiger partial charge in [-0.05, 0) is 25.8 Å². The Hall–Kier alpha value is -1.26. The summed E-state index contributed by atoms with van der Waals surface area (Å²) in [5.74, 6) is 5.67. The van der Waals surface area contributed by atoms with Crippen molar-refractivity contribution in [3.05, 3.63) is 35.4 Å². The van der Waals surface area contributed by atoms with Crippen LogP contribution in [0.1, 0.15) is 24.5 Å². The number of aliphatic hydroxyl groups is 1. The van der Waals surface area contributed by atoms with E-state index in [1.54, 1.807) is 6.92 Å². The molecular weight excluding hydrogens is 172 g/mol. The quantitative estimate of drug-likeness (QED) is 0.722. The van der Waals surface area contributed by atoms with Gasteiger partial charge in [0.2, 0.25) is 0 Å². The lowest BCUT2D eigenvalue weighted by molar-refractivity contribution is 0.180. The minimum absolute atomic E-state index is 0.343. The van der Waals surface area contributed by atoms with Crippen molar-refractivity contribution in [1.29, 1.82) is 0 Å². The zero-order valence-corrected chi connectivity index (χ0v) is 8.75. The van der Waals surface area contributed by atoms with E-state index in [2.05, 4.69) is 30.9 Å². The van der Waals surface area contributed by atoms with Crippen LogP contribution in [0, 0.1) is 18.8 Å². The van der Waals surface area contributed by atoms with Crippen molar-refractivity contribution >= 4 is 0 Å². The second-order valence-electron chi connectivity index (χ2n) is 3.48. The summed E-state index contributed by atoms with van der Waals surface area (Å²) in [6, 6.07) is 8.21. The fourth-order valence-corrected chi connectivity index (χ4v) is 1.40. The Kier molecular flexibility index (Phi) is 4.22. The molecule has 0 saturated carbocycles. The van der Waals surface area contributed by atoms with Gasteiger partial charge in [-0.1, -0.05) is 29.8 Å². The summed E-state index contributed by atoms with van der Waals surface area (Å²) >= 11 is 0. The first-order valence-electron chi connectivity index (χ1n) is 4.85. The maximum Gasteiger partial charge on any atom is 0.0689 e. The average Bonchev–Trinajstić information content (AvgIpc) is 2.15. The summed E-state index contributed by atoms with van der Waals surface area (Å²) in [6.07, 6.45) is 0.908. The third kappa shape index (κ3) is 3.64. The third-order valence-electron chi connectivity index (χ3n) is 2.07. The van der Waals surface area contributed by atoms with E-state index in [0.29, 0.717) is 12.8 Å². The zero-order valence-electron chi connectivity index (χ0n) is 8.75. The first-order chi connectivity index (χ1) is 6.72. The average molecular weight is 188 g/mol. The van der Waals surface area contributed by atoms with Crippen molar-refractivity contribution in [3.63, 3.8) is 0 Å². The van der Waals surface area contributed by atoms with Crippen LogP contribution in [0.25, 0.3) is 0 Å². The van der Waals surface area contributed by atoms with Crippen LogP contribution in [0.5, 0.6) is 0 Å². The molecule has 0 spiro atoms. The highest BCUT2D eigenvalue weighted by Gasteiger charge is 2.03. The summed E-state index contributed by atoms with van der Waals surface area (Å²) in [6.45, 7) is 3.85. The molecule has 0 aliphatic rings. The highest BCUT2D eigenvalue weighted by Crippen LogP contribution is 2.08. The Morgan fingerprint density at radius 2 is 2.21 bits per heavy atom. The fourth-order valence-electron chi connectivity index (χ4n) is 1.40. The van der Waals surface area contributed by atoms with E-state index in [4.69, 9.17) is 0 Å². The van der Waals surface area contributed by atoms with E-state index in [1.165, 1.54) is 11.1 Å². The SMILES string of the molecule is CC#CCC(O)Cc1cccc(C)c1. The molecule has 0 fully saturated rings. The van der Waals surface area contributed by atoms with E-state index in [0.717, 1.165) is 0 Å². The summed E-state index contributed by atoms with van der Waals surface area (Å²) in [7, 11) is 0. The number of hydrogen-bond donors (Lipinski definition) is 1. The molecular formula is C13H16O. The first-order valence-corrected chi connectivity index (χ1v) is 4.85. The molecule has 1 rings (SSSR count). The summed E-state index contributed by atoms with van der Waals surface area (Å²) in [4.78, 5) is 0. The van der Waals surface area contributed by atoms with Gasteiger partial charge in [0.25, 0.3) is 0 Å². The van der Waals surface area contributed by atoms with Crippen molar-refractivity contribution in [3.8, 4) is 11.8 Å². The van der Waals surface area contributed by atoms with Gasteiger partial charge in [0.1, 0.15) is 0 Å². The molecule has 0 aliphatic heterocycles. The third-order valence-corrected chi connectivity index (χ3v) is 2.07. The van der Waals surface area contributed by atoms with Crippen LogP contribution in [0.2, 0.25) is 0 Å². The molecule has 1 atom stereocenters. The number of aryl methyl sites for hydroxylation is 1. The van der Waals surface area contributed by atoms with Gasteiger partial charge >= 0.3 is 0 Å². The minimum atomic E-state index is -0.343. The van der Waals surface area contributed by atoms with Gasteiger partial charge in [0, 0.05) is 6.42 Å². The summed E-state index contributed by atoms with van der Waals surface area (Å²) in [5.41, 5.74) is 2.41. The normalized spacial score (nSPS) is 11.6. The van der Waals surface area contributed by atoms with Crippen molar-refractivity contribution in [1.82, 2.24) is 0 Å². The van der Waals surface area contributed by atoms with E-state index in [9.17, 15) is 5.11 Å². The Morgan fingerprint density at radius 3 is 2.86 bits per heavy atom. The molecule has 1 aromatic rings. The molecule has 1 unspecified atom stereocenters. The Labute approximate surface area is 85.8 Å². The molecule has 0 saturated heterocycles. The van der Waals surface area contributed by atoms with Crippen LogP contribution in [-0.4, -0.2) is 11.2 Å². The molecule has 0 bridgehead atoms. The van der Waals surface area contributed by atoms with Gasteiger partial charge in [-0.2, -0.15) is 0 Å². The van der Waals surface area contributed by atoms with Gasteiger partial charge < -0.3 is 5.11 Å². The molecule has 1 N–H and O–H groups in total. The molecule has 14 heavy (non-hydrogen) atoms. The second kappa shape index (κ2) is 5.47. The lowest BCUT2D eigenvalue weighted by Crippen LogP contribution is -2.09. The molecule has 0 aromatic heterocycles. The molecule has 1 aromatic carbocycles. The van der Waals surface area contributed by atoms with Crippen LogP contribution in [-0.2, 0) is 6.42 Å². The molecule has 0 heterocycles. The van der Waals surface area contributed by atoms with Gasteiger partial charge in [-0.15, -0.1) is 11.8 Å². The summed E-state index contributed by atoms with van der Waals surface area (Å²) in [5, 5.41) is 9.62. The van der Waals surface area contributed by atoms with Gasteiger partial charge in [-0.25, -0.2) is 0 Å².